The van der Waals surface area contributed by atoms with E-state index < -0.39 is 0 Å². The zero-order valence-electron chi connectivity index (χ0n) is 9.24. The molecule has 6 N–H and O–H groups in total. The molecule has 5 nitrogen and oxygen atoms in total. The third-order valence-corrected chi connectivity index (χ3v) is 2.75. The maximum Gasteiger partial charge on any atom is 0.222 e. The van der Waals surface area contributed by atoms with Gasteiger partial charge in [0.1, 0.15) is 5.82 Å². The van der Waals surface area contributed by atoms with E-state index in [9.17, 15) is 0 Å². The van der Waals surface area contributed by atoms with E-state index in [1.165, 1.54) is 0 Å². The number of rotatable bonds is 1. The van der Waals surface area contributed by atoms with Gasteiger partial charge in [0.25, 0.3) is 0 Å². The molecule has 2 rings (SSSR count). The van der Waals surface area contributed by atoms with E-state index in [1.807, 2.05) is 13.0 Å². The molecule has 0 bridgehead atoms. The van der Waals surface area contributed by atoms with Crippen molar-refractivity contribution in [3.8, 4) is 11.1 Å². The number of nitrogen functional groups attached to an aromatic ring is 3. The number of halogens is 1. The van der Waals surface area contributed by atoms with E-state index in [0.29, 0.717) is 22.2 Å². The second kappa shape index (κ2) is 4.10. The Morgan fingerprint density at radius 2 is 1.82 bits per heavy atom. The summed E-state index contributed by atoms with van der Waals surface area (Å²) in [5, 5.41) is 0.470. The lowest BCUT2D eigenvalue weighted by atomic mass is 10.0. The molecule has 0 aliphatic carbocycles. The Morgan fingerprint density at radius 1 is 1.12 bits per heavy atom. The quantitative estimate of drug-likeness (QED) is 0.669. The summed E-state index contributed by atoms with van der Waals surface area (Å²) in [7, 11) is 0. The molecule has 1 aromatic heterocycles. The monoisotopic (exact) mass is 249 g/mol. The van der Waals surface area contributed by atoms with Gasteiger partial charge in [0.15, 0.2) is 0 Å². The lowest BCUT2D eigenvalue weighted by molar-refractivity contribution is 1.13. The van der Waals surface area contributed by atoms with Gasteiger partial charge >= 0.3 is 0 Å². The van der Waals surface area contributed by atoms with E-state index >= 15 is 0 Å². The average Bonchev–Trinajstić information content (AvgIpc) is 2.21. The number of hydrogen-bond acceptors (Lipinski definition) is 5. The van der Waals surface area contributed by atoms with Crippen molar-refractivity contribution in [3.05, 3.63) is 28.9 Å². The van der Waals surface area contributed by atoms with Crippen LogP contribution in [0.1, 0.15) is 5.69 Å². The fraction of sp³-hybridized carbons (Fsp3) is 0.0909. The van der Waals surface area contributed by atoms with Crippen LogP contribution in [-0.2, 0) is 0 Å². The van der Waals surface area contributed by atoms with E-state index in [2.05, 4.69) is 9.97 Å². The van der Waals surface area contributed by atoms with Crippen molar-refractivity contribution in [1.29, 1.82) is 0 Å². The maximum atomic E-state index is 5.97. The number of nitrogens with zero attached hydrogens (tertiary/aromatic N) is 2. The fourth-order valence-corrected chi connectivity index (χ4v) is 1.84. The van der Waals surface area contributed by atoms with Crippen molar-refractivity contribution in [1.82, 2.24) is 9.97 Å². The maximum absolute atomic E-state index is 5.97. The van der Waals surface area contributed by atoms with Gasteiger partial charge < -0.3 is 17.2 Å². The molecule has 17 heavy (non-hydrogen) atoms. The molecule has 0 atom stereocenters. The lowest BCUT2D eigenvalue weighted by Gasteiger charge is -2.10. The number of aromatic nitrogens is 2. The molecular formula is C11H12ClN5. The molecule has 6 heteroatoms. The summed E-state index contributed by atoms with van der Waals surface area (Å²) in [6, 6.07) is 5.27. The molecule has 0 aliphatic rings. The number of hydrogen-bond donors (Lipinski definition) is 3. The topological polar surface area (TPSA) is 104 Å². The van der Waals surface area contributed by atoms with Gasteiger partial charge in [0, 0.05) is 5.56 Å². The highest BCUT2D eigenvalue weighted by Crippen LogP contribution is 2.31. The van der Waals surface area contributed by atoms with Gasteiger partial charge in [0.05, 0.1) is 16.4 Å². The number of aryl methyl sites for hydroxylation is 1. The second-order valence-corrected chi connectivity index (χ2v) is 4.07. The number of anilines is 3. The van der Waals surface area contributed by atoms with Crippen LogP contribution >= 0.6 is 11.6 Å². The average molecular weight is 250 g/mol. The third kappa shape index (κ3) is 2.09. The molecular weight excluding hydrogens is 238 g/mol. The first-order valence-electron chi connectivity index (χ1n) is 4.94. The third-order valence-electron chi connectivity index (χ3n) is 2.42. The predicted octanol–water partition coefficient (Wildman–Crippen LogP) is 1.85. The van der Waals surface area contributed by atoms with Gasteiger partial charge in [-0.25, -0.2) is 4.98 Å². The first-order chi connectivity index (χ1) is 7.99. The minimum absolute atomic E-state index is 0.158. The number of benzene rings is 1. The van der Waals surface area contributed by atoms with Crippen LogP contribution in [0, 0.1) is 6.92 Å². The van der Waals surface area contributed by atoms with Crippen LogP contribution in [0.5, 0.6) is 0 Å². The Morgan fingerprint density at radius 3 is 2.41 bits per heavy atom. The van der Waals surface area contributed by atoms with Gasteiger partial charge in [-0.05, 0) is 24.6 Å². The molecule has 0 saturated heterocycles. The molecule has 0 amide bonds. The second-order valence-electron chi connectivity index (χ2n) is 3.66. The Bertz CT molecular complexity index is 559. The van der Waals surface area contributed by atoms with E-state index in [1.54, 1.807) is 12.1 Å². The Labute approximate surface area is 104 Å². The summed E-state index contributed by atoms with van der Waals surface area (Å²) < 4.78 is 0. The SMILES string of the molecule is Cc1nc(N)nc(N)c1-c1ccc(N)c(Cl)c1. The molecule has 0 saturated carbocycles. The normalized spacial score (nSPS) is 10.5. The van der Waals surface area contributed by atoms with Gasteiger partial charge in [-0.15, -0.1) is 0 Å². The van der Waals surface area contributed by atoms with Crippen LogP contribution in [0.4, 0.5) is 17.5 Å². The van der Waals surface area contributed by atoms with Crippen molar-refractivity contribution >= 4 is 29.1 Å². The molecule has 0 unspecified atom stereocenters. The highest BCUT2D eigenvalue weighted by atomic mass is 35.5. The van der Waals surface area contributed by atoms with Gasteiger partial charge in [-0.2, -0.15) is 4.98 Å². The van der Waals surface area contributed by atoms with Crippen molar-refractivity contribution in [2.45, 2.75) is 6.92 Å². The van der Waals surface area contributed by atoms with Crippen LogP contribution in [0.25, 0.3) is 11.1 Å². The summed E-state index contributed by atoms with van der Waals surface area (Å²) in [5.41, 5.74) is 19.8. The van der Waals surface area contributed by atoms with Crippen molar-refractivity contribution < 1.29 is 0 Å². The van der Waals surface area contributed by atoms with Gasteiger partial charge in [-0.1, -0.05) is 17.7 Å². The van der Waals surface area contributed by atoms with E-state index in [0.717, 1.165) is 11.1 Å². The lowest BCUT2D eigenvalue weighted by Crippen LogP contribution is -2.04. The van der Waals surface area contributed by atoms with Gasteiger partial charge in [0.2, 0.25) is 5.95 Å². The fourth-order valence-electron chi connectivity index (χ4n) is 1.66. The molecule has 2 aromatic rings. The van der Waals surface area contributed by atoms with Crippen LogP contribution in [0.2, 0.25) is 5.02 Å². The number of nitrogens with two attached hydrogens (primary N) is 3. The van der Waals surface area contributed by atoms with Crippen LogP contribution in [0.3, 0.4) is 0 Å². The largest absolute Gasteiger partial charge is 0.398 e. The molecule has 0 aliphatic heterocycles. The summed E-state index contributed by atoms with van der Waals surface area (Å²) in [6.45, 7) is 1.81. The first kappa shape index (κ1) is 11.5. The van der Waals surface area contributed by atoms with Crippen molar-refractivity contribution in [3.63, 3.8) is 0 Å². The zero-order chi connectivity index (χ0) is 12.6. The van der Waals surface area contributed by atoms with E-state index in [4.69, 9.17) is 28.8 Å². The first-order valence-corrected chi connectivity index (χ1v) is 5.32. The van der Waals surface area contributed by atoms with Crippen molar-refractivity contribution in [2.75, 3.05) is 17.2 Å². The molecule has 0 radical (unpaired) electrons. The Hall–Kier alpha value is -2.01. The zero-order valence-corrected chi connectivity index (χ0v) is 9.99. The van der Waals surface area contributed by atoms with Crippen LogP contribution in [-0.4, -0.2) is 9.97 Å². The highest BCUT2D eigenvalue weighted by molar-refractivity contribution is 6.33. The standard InChI is InChI=1S/C11H12ClN5/c1-5-9(10(14)17-11(15)16-5)6-2-3-8(13)7(12)4-6/h2-4H,13H2,1H3,(H4,14,15,16,17). The minimum atomic E-state index is 0.158. The van der Waals surface area contributed by atoms with E-state index in [-0.39, 0.29) is 5.95 Å². The van der Waals surface area contributed by atoms with Gasteiger partial charge in [-0.3, -0.25) is 0 Å². The minimum Gasteiger partial charge on any atom is -0.398 e. The van der Waals surface area contributed by atoms with Crippen molar-refractivity contribution in [2.24, 2.45) is 0 Å². The summed E-state index contributed by atoms with van der Waals surface area (Å²) in [4.78, 5) is 8.01. The highest BCUT2D eigenvalue weighted by Gasteiger charge is 2.11. The molecule has 1 heterocycles. The molecule has 0 spiro atoms. The summed E-state index contributed by atoms with van der Waals surface area (Å²) in [5.74, 6) is 0.487. The Kier molecular flexibility index (Phi) is 2.77. The molecule has 88 valence electrons. The predicted molar refractivity (Wildman–Crippen MR) is 70.5 cm³/mol. The van der Waals surface area contributed by atoms with Crippen LogP contribution < -0.4 is 17.2 Å². The summed E-state index contributed by atoms with van der Waals surface area (Å²) >= 11 is 5.97. The molecule has 0 fully saturated rings. The smallest absolute Gasteiger partial charge is 0.222 e. The van der Waals surface area contributed by atoms with Crippen LogP contribution in [0.15, 0.2) is 18.2 Å². The Balaban J connectivity index is 2.64. The molecule has 1 aromatic carbocycles. The summed E-state index contributed by atoms with van der Waals surface area (Å²) in [6.07, 6.45) is 0.